The number of nitrogens with zero attached hydrogens (tertiary/aromatic N) is 3. The number of fused-ring (bicyclic) bond motifs is 2. The zero-order valence-electron chi connectivity index (χ0n) is 25.8. The molecule has 0 saturated carbocycles. The van der Waals surface area contributed by atoms with Crippen molar-refractivity contribution in [3.63, 3.8) is 0 Å². The van der Waals surface area contributed by atoms with Gasteiger partial charge in [0.25, 0.3) is 15.9 Å². The molecule has 3 N–H and O–H groups in total. The average molecular weight is 636 g/mol. The van der Waals surface area contributed by atoms with Crippen molar-refractivity contribution in [3.8, 4) is 5.75 Å². The number of urea groups is 1. The second kappa shape index (κ2) is 12.8. The van der Waals surface area contributed by atoms with E-state index in [9.17, 15) is 23.1 Å². The third kappa shape index (κ3) is 6.45. The van der Waals surface area contributed by atoms with Crippen molar-refractivity contribution in [2.24, 2.45) is 5.92 Å². The molecule has 3 aromatic carbocycles. The number of ether oxygens (including phenoxy) is 1. The summed E-state index contributed by atoms with van der Waals surface area (Å²) in [5.74, 6) is -0.607. The lowest BCUT2D eigenvalue weighted by molar-refractivity contribution is 0.0373. The van der Waals surface area contributed by atoms with Gasteiger partial charge in [0, 0.05) is 24.9 Å². The number of amides is 3. The summed E-state index contributed by atoms with van der Waals surface area (Å²) in [6.07, 6.45) is -0.668. The van der Waals surface area contributed by atoms with Gasteiger partial charge in [-0.3, -0.25) is 9.52 Å². The number of likely N-dealkylation sites (N-methyl/N-ethyl adjacent to an activating group) is 1. The highest BCUT2D eigenvalue weighted by atomic mass is 32.2. The number of carbonyl (C=O) groups excluding carboxylic acids is 2. The van der Waals surface area contributed by atoms with Gasteiger partial charge in [-0.1, -0.05) is 54.5 Å². The van der Waals surface area contributed by atoms with Gasteiger partial charge in [-0.15, -0.1) is 0 Å². The minimum Gasteiger partial charge on any atom is -0.485 e. The van der Waals surface area contributed by atoms with E-state index in [2.05, 4.69) is 15.2 Å². The second-order valence-corrected chi connectivity index (χ2v) is 13.0. The standard InChI is InChI=1S/C32H37N5O7S/c1-19-16-37(20(2)18-38)31(39)25-13-9-15-27(35-45(41,42)30-21(3)34-44-22(30)4)29(25)43-28(19)17-36(5)32(40)33-26-14-8-11-23-10-6-7-12-24(23)26/h6-15,19-20,28,35,38H,16-18H2,1-5H3,(H,33,40)/t19-,20+,28-/m0/s1. The minimum absolute atomic E-state index is 0.0207. The molecule has 3 atom stereocenters. The number of hydrogen-bond acceptors (Lipinski definition) is 8. The molecule has 0 radical (unpaired) electrons. The SMILES string of the molecule is Cc1noc(C)c1S(=O)(=O)Nc1cccc2c1O[C@@H](CN(C)C(=O)Nc1cccc3ccccc13)[C@@H](C)CN([C@H](C)CO)C2=O. The summed E-state index contributed by atoms with van der Waals surface area (Å²) in [5, 5.41) is 18.6. The Morgan fingerprint density at radius 1 is 1.11 bits per heavy atom. The highest BCUT2D eigenvalue weighted by Gasteiger charge is 2.36. The Balaban J connectivity index is 1.48. The molecule has 0 unspecified atom stereocenters. The summed E-state index contributed by atoms with van der Waals surface area (Å²) in [6, 6.07) is 17.1. The summed E-state index contributed by atoms with van der Waals surface area (Å²) in [5.41, 5.74) is 1.00. The Morgan fingerprint density at radius 2 is 1.80 bits per heavy atom. The minimum atomic E-state index is -4.18. The first-order chi connectivity index (χ1) is 21.4. The van der Waals surface area contributed by atoms with Crippen LogP contribution >= 0.6 is 0 Å². The number of aryl methyl sites for hydroxylation is 2. The molecule has 4 aromatic rings. The van der Waals surface area contributed by atoms with Crippen LogP contribution in [-0.2, 0) is 10.0 Å². The van der Waals surface area contributed by atoms with E-state index in [0.29, 0.717) is 5.69 Å². The number of nitrogens with one attached hydrogen (secondary N) is 2. The molecular weight excluding hydrogens is 598 g/mol. The van der Waals surface area contributed by atoms with Gasteiger partial charge >= 0.3 is 6.03 Å². The normalized spacial score (nSPS) is 17.6. The van der Waals surface area contributed by atoms with Crippen LogP contribution in [0.5, 0.6) is 5.75 Å². The molecule has 12 nitrogen and oxygen atoms in total. The monoisotopic (exact) mass is 635 g/mol. The Bertz CT molecular complexity index is 1820. The highest BCUT2D eigenvalue weighted by molar-refractivity contribution is 7.92. The van der Waals surface area contributed by atoms with Gasteiger partial charge in [-0.2, -0.15) is 0 Å². The van der Waals surface area contributed by atoms with E-state index in [4.69, 9.17) is 9.26 Å². The largest absolute Gasteiger partial charge is 0.485 e. The molecule has 1 aliphatic rings. The highest BCUT2D eigenvalue weighted by Crippen LogP contribution is 2.37. The zero-order valence-corrected chi connectivity index (χ0v) is 26.6. The van der Waals surface area contributed by atoms with Gasteiger partial charge in [0.05, 0.1) is 36.1 Å². The van der Waals surface area contributed by atoms with E-state index in [-0.39, 0.29) is 65.0 Å². The third-order valence-electron chi connectivity index (χ3n) is 8.00. The van der Waals surface area contributed by atoms with E-state index in [1.807, 2.05) is 49.4 Å². The van der Waals surface area contributed by atoms with Crippen molar-refractivity contribution in [2.75, 3.05) is 36.8 Å². The van der Waals surface area contributed by atoms with E-state index >= 15 is 0 Å². The molecule has 1 aromatic heterocycles. The summed E-state index contributed by atoms with van der Waals surface area (Å²) >= 11 is 0. The predicted octanol–water partition coefficient (Wildman–Crippen LogP) is 4.63. The van der Waals surface area contributed by atoms with Crippen LogP contribution in [0.3, 0.4) is 0 Å². The zero-order chi connectivity index (χ0) is 32.5. The maximum Gasteiger partial charge on any atom is 0.321 e. The number of sulfonamides is 1. The summed E-state index contributed by atoms with van der Waals surface area (Å²) in [6.45, 7) is 6.70. The lowest BCUT2D eigenvalue weighted by Gasteiger charge is -2.38. The van der Waals surface area contributed by atoms with E-state index < -0.39 is 28.1 Å². The van der Waals surface area contributed by atoms with Crippen molar-refractivity contribution in [3.05, 3.63) is 77.7 Å². The first-order valence-corrected chi connectivity index (χ1v) is 16.1. The number of aliphatic hydroxyl groups is 1. The topological polar surface area (TPSA) is 154 Å². The summed E-state index contributed by atoms with van der Waals surface area (Å²) in [4.78, 5) is 30.1. The Morgan fingerprint density at radius 3 is 2.51 bits per heavy atom. The molecule has 0 aliphatic carbocycles. The number of para-hydroxylation sites is 1. The molecule has 0 fully saturated rings. The van der Waals surface area contributed by atoms with Crippen LogP contribution < -0.4 is 14.8 Å². The number of anilines is 2. The van der Waals surface area contributed by atoms with Crippen molar-refractivity contribution >= 4 is 44.1 Å². The molecular formula is C32H37N5O7S. The van der Waals surface area contributed by atoms with Crippen molar-refractivity contribution in [1.82, 2.24) is 15.0 Å². The Labute approximate surface area is 262 Å². The molecule has 238 valence electrons. The predicted molar refractivity (Wildman–Crippen MR) is 170 cm³/mol. The molecule has 13 heteroatoms. The van der Waals surface area contributed by atoms with Gasteiger partial charge in [-0.25, -0.2) is 13.2 Å². The summed E-state index contributed by atoms with van der Waals surface area (Å²) < 4.78 is 41.0. The van der Waals surface area contributed by atoms with Crippen molar-refractivity contribution < 1.29 is 32.4 Å². The molecule has 45 heavy (non-hydrogen) atoms. The quantitative estimate of drug-likeness (QED) is 0.253. The number of rotatable bonds is 8. The fourth-order valence-electron chi connectivity index (χ4n) is 5.49. The van der Waals surface area contributed by atoms with Crippen molar-refractivity contribution in [2.45, 2.75) is 44.7 Å². The first-order valence-electron chi connectivity index (χ1n) is 14.6. The maximum absolute atomic E-state index is 13.8. The van der Waals surface area contributed by atoms with Crippen LogP contribution in [0.15, 0.2) is 70.1 Å². The van der Waals surface area contributed by atoms with Crippen LogP contribution in [0, 0.1) is 19.8 Å². The molecule has 0 spiro atoms. The number of benzene rings is 3. The fourth-order valence-corrected chi connectivity index (χ4v) is 6.89. The molecule has 0 saturated heterocycles. The van der Waals surface area contributed by atoms with Crippen molar-refractivity contribution in [1.29, 1.82) is 0 Å². The van der Waals surface area contributed by atoms with Crippen LogP contribution in [0.4, 0.5) is 16.2 Å². The molecule has 2 heterocycles. The van der Waals surface area contributed by atoms with E-state index in [1.54, 1.807) is 31.0 Å². The molecule has 3 amide bonds. The van der Waals surface area contributed by atoms with E-state index in [1.165, 1.54) is 24.8 Å². The van der Waals surface area contributed by atoms with Gasteiger partial charge in [0.2, 0.25) is 0 Å². The van der Waals surface area contributed by atoms with Gasteiger partial charge < -0.3 is 29.5 Å². The number of hydrogen-bond donors (Lipinski definition) is 3. The van der Waals surface area contributed by atoms with Crippen LogP contribution in [-0.4, -0.2) is 79.3 Å². The lowest BCUT2D eigenvalue weighted by atomic mass is 9.99. The first kappa shape index (κ1) is 31.8. The lowest BCUT2D eigenvalue weighted by Crippen LogP contribution is -2.50. The molecule has 0 bridgehead atoms. The van der Waals surface area contributed by atoms with Gasteiger partial charge in [-0.05, 0) is 44.4 Å². The van der Waals surface area contributed by atoms with Crippen LogP contribution in [0.25, 0.3) is 10.8 Å². The Kier molecular flexibility index (Phi) is 9.03. The number of aromatic nitrogens is 1. The van der Waals surface area contributed by atoms with Crippen LogP contribution in [0.2, 0.25) is 0 Å². The average Bonchev–Trinajstić information content (AvgIpc) is 3.37. The van der Waals surface area contributed by atoms with E-state index in [0.717, 1.165) is 10.8 Å². The molecule has 1 aliphatic heterocycles. The van der Waals surface area contributed by atoms with Gasteiger partial charge in [0.1, 0.15) is 11.8 Å². The molecule has 5 rings (SSSR count). The number of carbonyl (C=O) groups is 2. The maximum atomic E-state index is 13.8. The summed E-state index contributed by atoms with van der Waals surface area (Å²) in [7, 11) is -2.54. The number of aliphatic hydroxyl groups excluding tert-OH is 1. The fraction of sp³-hybridized carbons (Fsp3) is 0.344. The van der Waals surface area contributed by atoms with Crippen LogP contribution in [0.1, 0.15) is 35.7 Å². The second-order valence-electron chi connectivity index (χ2n) is 11.4. The van der Waals surface area contributed by atoms with Gasteiger partial charge in [0.15, 0.2) is 16.4 Å². The third-order valence-corrected chi connectivity index (χ3v) is 9.61. The smallest absolute Gasteiger partial charge is 0.321 e. The Hall–Kier alpha value is -4.62.